The van der Waals surface area contributed by atoms with Crippen LogP contribution in [0, 0.1) is 13.8 Å². The molecule has 3 aromatic rings. The molecular weight excluding hydrogens is 404 g/mol. The van der Waals surface area contributed by atoms with Crippen molar-refractivity contribution in [3.63, 3.8) is 0 Å². The number of aliphatic hydroxyl groups excluding tert-OH is 1. The van der Waals surface area contributed by atoms with Gasteiger partial charge in [0.15, 0.2) is 0 Å². The number of likely N-dealkylation sites (N-methyl/N-ethyl adjacent to an activating group) is 1. The van der Waals surface area contributed by atoms with E-state index in [1.54, 1.807) is 24.1 Å². The lowest BCUT2D eigenvalue weighted by Gasteiger charge is -2.21. The monoisotopic (exact) mass is 434 g/mol. The van der Waals surface area contributed by atoms with Gasteiger partial charge in [0.25, 0.3) is 0 Å². The van der Waals surface area contributed by atoms with Crippen molar-refractivity contribution in [1.82, 2.24) is 4.90 Å². The summed E-state index contributed by atoms with van der Waals surface area (Å²) in [7, 11) is 1.79. The van der Waals surface area contributed by atoms with Crippen LogP contribution in [-0.2, 0) is 4.79 Å². The topological polar surface area (TPSA) is 71.0 Å². The molecule has 0 aliphatic heterocycles. The van der Waals surface area contributed by atoms with Gasteiger partial charge in [-0.05, 0) is 68.4 Å². The van der Waals surface area contributed by atoms with Gasteiger partial charge < -0.3 is 19.9 Å². The predicted molar refractivity (Wildman–Crippen MR) is 127 cm³/mol. The van der Waals surface area contributed by atoms with E-state index in [2.05, 4.69) is 5.32 Å². The van der Waals surface area contributed by atoms with Gasteiger partial charge in [-0.1, -0.05) is 36.4 Å². The Morgan fingerprint density at radius 2 is 1.50 bits per heavy atom. The maximum absolute atomic E-state index is 12.4. The first kappa shape index (κ1) is 23.3. The Morgan fingerprint density at radius 3 is 2.16 bits per heavy atom. The fraction of sp³-hybridized carbons (Fsp3) is 0.269. The van der Waals surface area contributed by atoms with Gasteiger partial charge in [-0.15, -0.1) is 0 Å². The number of anilines is 1. The molecule has 32 heavy (non-hydrogen) atoms. The van der Waals surface area contributed by atoms with E-state index in [0.717, 1.165) is 22.6 Å². The lowest BCUT2D eigenvalue weighted by molar-refractivity contribution is -0.117. The summed E-state index contributed by atoms with van der Waals surface area (Å²) >= 11 is 0. The highest BCUT2D eigenvalue weighted by atomic mass is 16.5. The quantitative estimate of drug-likeness (QED) is 0.495. The molecule has 6 nitrogen and oxygen atoms in total. The smallest absolute Gasteiger partial charge is 0.238 e. The first-order chi connectivity index (χ1) is 15.4. The molecule has 3 rings (SSSR count). The second-order valence-corrected chi connectivity index (χ2v) is 7.86. The largest absolute Gasteiger partial charge is 0.491 e. The van der Waals surface area contributed by atoms with Crippen LogP contribution in [0.3, 0.4) is 0 Å². The number of nitrogens with one attached hydrogen (secondary N) is 1. The summed E-state index contributed by atoms with van der Waals surface area (Å²) in [5.41, 5.74) is 2.89. The van der Waals surface area contributed by atoms with Crippen LogP contribution < -0.4 is 14.8 Å². The molecule has 0 saturated carbocycles. The van der Waals surface area contributed by atoms with Crippen LogP contribution in [0.4, 0.5) is 5.69 Å². The number of carbonyl (C=O) groups is 1. The molecule has 1 amide bonds. The summed E-state index contributed by atoms with van der Waals surface area (Å²) in [6, 6.07) is 22.7. The molecule has 0 aliphatic carbocycles. The van der Waals surface area contributed by atoms with Crippen molar-refractivity contribution in [3.8, 4) is 17.2 Å². The Hall–Kier alpha value is -3.35. The average Bonchev–Trinajstić information content (AvgIpc) is 2.76. The molecule has 6 heteroatoms. The molecule has 0 aromatic heterocycles. The first-order valence-corrected chi connectivity index (χ1v) is 10.6. The Balaban J connectivity index is 1.41. The van der Waals surface area contributed by atoms with Crippen molar-refractivity contribution >= 4 is 11.6 Å². The highest BCUT2D eigenvalue weighted by Crippen LogP contribution is 2.23. The fourth-order valence-electron chi connectivity index (χ4n) is 3.33. The zero-order valence-electron chi connectivity index (χ0n) is 18.7. The maximum Gasteiger partial charge on any atom is 0.238 e. The van der Waals surface area contributed by atoms with Gasteiger partial charge in [-0.25, -0.2) is 0 Å². The van der Waals surface area contributed by atoms with E-state index in [1.807, 2.05) is 74.5 Å². The molecule has 0 fully saturated rings. The number of nitrogens with zero attached hydrogens (tertiary/aromatic N) is 1. The average molecular weight is 435 g/mol. The van der Waals surface area contributed by atoms with Gasteiger partial charge >= 0.3 is 0 Å². The number of para-hydroxylation sites is 2. The Kier molecular flexibility index (Phi) is 8.25. The highest BCUT2D eigenvalue weighted by Gasteiger charge is 2.14. The van der Waals surface area contributed by atoms with Gasteiger partial charge in [-0.2, -0.15) is 0 Å². The molecule has 1 atom stereocenters. The lowest BCUT2D eigenvalue weighted by Crippen LogP contribution is -2.38. The second-order valence-electron chi connectivity index (χ2n) is 7.86. The van der Waals surface area contributed by atoms with Crippen molar-refractivity contribution < 1.29 is 19.4 Å². The summed E-state index contributed by atoms with van der Waals surface area (Å²) in [6.07, 6.45) is -0.728. The van der Waals surface area contributed by atoms with E-state index in [4.69, 9.17) is 9.47 Å². The summed E-state index contributed by atoms with van der Waals surface area (Å²) < 4.78 is 11.4. The van der Waals surface area contributed by atoms with Gasteiger partial charge in [-0.3, -0.25) is 9.69 Å². The zero-order valence-corrected chi connectivity index (χ0v) is 18.7. The van der Waals surface area contributed by atoms with Crippen LogP contribution in [-0.4, -0.2) is 48.8 Å². The van der Waals surface area contributed by atoms with E-state index in [0.29, 0.717) is 18.0 Å². The molecule has 0 aliphatic rings. The molecule has 3 aromatic carbocycles. The molecule has 0 bridgehead atoms. The minimum absolute atomic E-state index is 0.118. The van der Waals surface area contributed by atoms with Crippen LogP contribution in [0.5, 0.6) is 17.2 Å². The molecular formula is C26H30N2O4. The van der Waals surface area contributed by atoms with E-state index in [1.165, 1.54) is 0 Å². The van der Waals surface area contributed by atoms with Crippen molar-refractivity contribution in [2.24, 2.45) is 0 Å². The van der Waals surface area contributed by atoms with Crippen LogP contribution >= 0.6 is 0 Å². The number of aryl methyl sites for hydroxylation is 2. The van der Waals surface area contributed by atoms with Crippen molar-refractivity contribution in [3.05, 3.63) is 83.9 Å². The van der Waals surface area contributed by atoms with Gasteiger partial charge in [0.2, 0.25) is 5.91 Å². The van der Waals surface area contributed by atoms with E-state index >= 15 is 0 Å². The van der Waals surface area contributed by atoms with Crippen LogP contribution in [0.1, 0.15) is 11.1 Å². The molecule has 168 valence electrons. The van der Waals surface area contributed by atoms with Crippen LogP contribution in [0.25, 0.3) is 0 Å². The van der Waals surface area contributed by atoms with Crippen molar-refractivity contribution in [1.29, 1.82) is 0 Å². The molecule has 0 radical (unpaired) electrons. The van der Waals surface area contributed by atoms with Crippen LogP contribution in [0.2, 0.25) is 0 Å². The number of hydrogen-bond donors (Lipinski definition) is 2. The van der Waals surface area contributed by atoms with Crippen LogP contribution in [0.15, 0.2) is 72.8 Å². The first-order valence-electron chi connectivity index (χ1n) is 10.6. The Labute approximate surface area is 189 Å². The molecule has 0 saturated heterocycles. The maximum atomic E-state index is 12.4. The summed E-state index contributed by atoms with van der Waals surface area (Å²) in [5, 5.41) is 13.3. The number of hydrogen-bond acceptors (Lipinski definition) is 5. The normalized spacial score (nSPS) is 11.8. The van der Waals surface area contributed by atoms with Crippen molar-refractivity contribution in [2.75, 3.05) is 32.1 Å². The predicted octanol–water partition coefficient (Wildman–Crippen LogP) is 4.41. The zero-order chi connectivity index (χ0) is 22.9. The molecule has 0 heterocycles. The number of benzene rings is 3. The number of amides is 1. The summed E-state index contributed by atoms with van der Waals surface area (Å²) in [4.78, 5) is 14.1. The second kappa shape index (κ2) is 11.3. The standard InChI is InChI=1S/C26H30N2O4/c1-19-8-7-9-20(2)26(19)27-25(30)17-28(3)16-21(29)18-31-22-12-14-24(15-13-22)32-23-10-5-4-6-11-23/h4-15,21,29H,16-18H2,1-3H3,(H,27,30)/t21-/m1/s1. The minimum Gasteiger partial charge on any atom is -0.491 e. The third kappa shape index (κ3) is 7.11. The van der Waals surface area contributed by atoms with Gasteiger partial charge in [0.05, 0.1) is 6.54 Å². The fourth-order valence-corrected chi connectivity index (χ4v) is 3.33. The number of rotatable bonds is 10. The van der Waals surface area contributed by atoms with Gasteiger partial charge in [0.1, 0.15) is 30.0 Å². The van der Waals surface area contributed by atoms with E-state index in [-0.39, 0.29) is 19.1 Å². The van der Waals surface area contributed by atoms with Crippen molar-refractivity contribution in [2.45, 2.75) is 20.0 Å². The number of aliphatic hydroxyl groups is 1. The van der Waals surface area contributed by atoms with E-state index < -0.39 is 6.10 Å². The highest BCUT2D eigenvalue weighted by molar-refractivity contribution is 5.93. The third-order valence-corrected chi connectivity index (χ3v) is 4.93. The Morgan fingerprint density at radius 1 is 0.906 bits per heavy atom. The minimum atomic E-state index is -0.728. The molecule has 0 spiro atoms. The van der Waals surface area contributed by atoms with E-state index in [9.17, 15) is 9.90 Å². The van der Waals surface area contributed by atoms with Gasteiger partial charge in [0, 0.05) is 12.2 Å². The number of carbonyl (C=O) groups excluding carboxylic acids is 1. The SMILES string of the molecule is Cc1cccc(C)c1NC(=O)CN(C)C[C@@H](O)COc1ccc(Oc2ccccc2)cc1. The Bertz CT molecular complexity index is 986. The number of ether oxygens (including phenoxy) is 2. The summed E-state index contributed by atoms with van der Waals surface area (Å²) in [6.45, 7) is 4.55. The molecule has 0 unspecified atom stereocenters. The molecule has 2 N–H and O–H groups in total. The third-order valence-electron chi connectivity index (χ3n) is 4.93. The summed E-state index contributed by atoms with van der Waals surface area (Å²) in [5.74, 6) is 1.99. The lowest BCUT2D eigenvalue weighted by atomic mass is 10.1.